The molecule has 0 saturated carbocycles. The lowest BCUT2D eigenvalue weighted by molar-refractivity contribution is -0.205. The van der Waals surface area contributed by atoms with Gasteiger partial charge in [-0.1, -0.05) is 0 Å². The predicted octanol–water partition coefficient (Wildman–Crippen LogP) is 1.55. The molecule has 1 aliphatic rings. The SMILES string of the molecule is C[C@H]1CC(C)(C)OCO1. The average molecular weight is 130 g/mol. The summed E-state index contributed by atoms with van der Waals surface area (Å²) in [5, 5.41) is 0. The van der Waals surface area contributed by atoms with Crippen LogP contribution in [0.1, 0.15) is 27.2 Å². The third kappa shape index (κ3) is 1.95. The zero-order valence-electron chi connectivity index (χ0n) is 6.31. The van der Waals surface area contributed by atoms with Crippen molar-refractivity contribution in [2.75, 3.05) is 6.79 Å². The highest BCUT2D eigenvalue weighted by molar-refractivity contribution is 4.73. The van der Waals surface area contributed by atoms with Crippen molar-refractivity contribution in [1.29, 1.82) is 0 Å². The molecule has 2 nitrogen and oxygen atoms in total. The van der Waals surface area contributed by atoms with Crippen molar-refractivity contribution in [2.24, 2.45) is 0 Å². The second-order valence-electron chi connectivity index (χ2n) is 3.20. The summed E-state index contributed by atoms with van der Waals surface area (Å²) >= 11 is 0. The van der Waals surface area contributed by atoms with E-state index in [1.165, 1.54) is 0 Å². The Labute approximate surface area is 56.2 Å². The molecule has 1 fully saturated rings. The van der Waals surface area contributed by atoms with Gasteiger partial charge in [0, 0.05) is 6.42 Å². The van der Waals surface area contributed by atoms with Crippen molar-refractivity contribution < 1.29 is 9.47 Å². The molecule has 0 aromatic rings. The maximum atomic E-state index is 5.31. The monoisotopic (exact) mass is 130 g/mol. The van der Waals surface area contributed by atoms with E-state index in [-0.39, 0.29) is 5.60 Å². The highest BCUT2D eigenvalue weighted by Gasteiger charge is 2.26. The summed E-state index contributed by atoms with van der Waals surface area (Å²) in [4.78, 5) is 0. The number of ether oxygens (including phenoxy) is 2. The molecule has 0 aromatic carbocycles. The molecule has 1 aliphatic heterocycles. The molecular weight excluding hydrogens is 116 g/mol. The Morgan fingerprint density at radius 1 is 1.44 bits per heavy atom. The van der Waals surface area contributed by atoms with Crippen molar-refractivity contribution in [3.8, 4) is 0 Å². The van der Waals surface area contributed by atoms with E-state index in [0.29, 0.717) is 12.9 Å². The van der Waals surface area contributed by atoms with Gasteiger partial charge < -0.3 is 9.47 Å². The van der Waals surface area contributed by atoms with Crippen molar-refractivity contribution in [1.82, 2.24) is 0 Å². The van der Waals surface area contributed by atoms with Crippen LogP contribution >= 0.6 is 0 Å². The molecule has 0 unspecified atom stereocenters. The summed E-state index contributed by atoms with van der Waals surface area (Å²) in [6.45, 7) is 6.70. The topological polar surface area (TPSA) is 18.5 Å². The first kappa shape index (κ1) is 7.03. The maximum Gasteiger partial charge on any atom is 0.147 e. The molecule has 1 rings (SSSR count). The Balaban J connectivity index is 2.41. The van der Waals surface area contributed by atoms with Gasteiger partial charge in [0.25, 0.3) is 0 Å². The molecule has 0 radical (unpaired) electrons. The molecule has 1 atom stereocenters. The molecule has 54 valence electrons. The first-order valence-electron chi connectivity index (χ1n) is 3.36. The van der Waals surface area contributed by atoms with Gasteiger partial charge in [0.15, 0.2) is 0 Å². The van der Waals surface area contributed by atoms with E-state index in [0.717, 1.165) is 6.42 Å². The fourth-order valence-electron chi connectivity index (χ4n) is 1.12. The Kier molecular flexibility index (Phi) is 1.78. The lowest BCUT2D eigenvalue weighted by atomic mass is 10.0. The lowest BCUT2D eigenvalue weighted by Gasteiger charge is -2.33. The highest BCUT2D eigenvalue weighted by atomic mass is 16.7. The smallest absolute Gasteiger partial charge is 0.147 e. The molecule has 0 amide bonds. The van der Waals surface area contributed by atoms with Crippen LogP contribution in [-0.2, 0) is 9.47 Å². The summed E-state index contributed by atoms with van der Waals surface area (Å²) in [6, 6.07) is 0. The molecular formula is C7H14O2. The average Bonchev–Trinajstić information content (AvgIpc) is 1.60. The normalized spacial score (nSPS) is 34.3. The van der Waals surface area contributed by atoms with Gasteiger partial charge in [-0.05, 0) is 20.8 Å². The standard InChI is InChI=1S/C7H14O2/c1-6-4-7(2,3)9-5-8-6/h6H,4-5H2,1-3H3/t6-/m0/s1. The predicted molar refractivity (Wildman–Crippen MR) is 35.2 cm³/mol. The fraction of sp³-hybridized carbons (Fsp3) is 1.00. The van der Waals surface area contributed by atoms with Crippen molar-refractivity contribution in [3.63, 3.8) is 0 Å². The molecule has 0 spiro atoms. The van der Waals surface area contributed by atoms with Crippen LogP contribution in [0, 0.1) is 0 Å². The number of rotatable bonds is 0. The van der Waals surface area contributed by atoms with Crippen LogP contribution in [0.2, 0.25) is 0 Å². The Morgan fingerprint density at radius 3 is 2.44 bits per heavy atom. The third-order valence-electron chi connectivity index (χ3n) is 1.58. The second kappa shape index (κ2) is 2.27. The van der Waals surface area contributed by atoms with Gasteiger partial charge in [0.1, 0.15) is 6.79 Å². The Hall–Kier alpha value is -0.0800. The van der Waals surface area contributed by atoms with Gasteiger partial charge in [-0.2, -0.15) is 0 Å². The first-order valence-corrected chi connectivity index (χ1v) is 3.36. The van der Waals surface area contributed by atoms with Gasteiger partial charge in [0.2, 0.25) is 0 Å². The van der Waals surface area contributed by atoms with Crippen LogP contribution in [0.25, 0.3) is 0 Å². The summed E-state index contributed by atoms with van der Waals surface area (Å²) < 4.78 is 10.5. The molecule has 0 bridgehead atoms. The van der Waals surface area contributed by atoms with Gasteiger partial charge in [-0.15, -0.1) is 0 Å². The largest absolute Gasteiger partial charge is 0.352 e. The zero-order valence-corrected chi connectivity index (χ0v) is 6.31. The van der Waals surface area contributed by atoms with Gasteiger partial charge in [0.05, 0.1) is 11.7 Å². The van der Waals surface area contributed by atoms with Gasteiger partial charge >= 0.3 is 0 Å². The molecule has 0 aliphatic carbocycles. The molecule has 2 heteroatoms. The van der Waals surface area contributed by atoms with Gasteiger partial charge in [-0.3, -0.25) is 0 Å². The molecule has 0 N–H and O–H groups in total. The van der Waals surface area contributed by atoms with Crippen molar-refractivity contribution in [3.05, 3.63) is 0 Å². The van der Waals surface area contributed by atoms with E-state index in [4.69, 9.17) is 9.47 Å². The quantitative estimate of drug-likeness (QED) is 0.495. The number of hydrogen-bond donors (Lipinski definition) is 0. The van der Waals surface area contributed by atoms with E-state index in [9.17, 15) is 0 Å². The summed E-state index contributed by atoms with van der Waals surface area (Å²) in [7, 11) is 0. The van der Waals surface area contributed by atoms with E-state index < -0.39 is 0 Å². The minimum absolute atomic E-state index is 0.0255. The Bertz CT molecular complexity index is 99.1. The minimum Gasteiger partial charge on any atom is -0.352 e. The molecule has 1 heterocycles. The van der Waals surface area contributed by atoms with Crippen LogP contribution < -0.4 is 0 Å². The summed E-state index contributed by atoms with van der Waals surface area (Å²) in [6.07, 6.45) is 1.35. The van der Waals surface area contributed by atoms with E-state index in [1.807, 2.05) is 0 Å². The summed E-state index contributed by atoms with van der Waals surface area (Å²) in [5.41, 5.74) is 0.0255. The zero-order chi connectivity index (χ0) is 6.91. The second-order valence-corrected chi connectivity index (χ2v) is 3.20. The fourth-order valence-corrected chi connectivity index (χ4v) is 1.12. The van der Waals surface area contributed by atoms with E-state index >= 15 is 0 Å². The minimum atomic E-state index is 0.0255. The number of hydrogen-bond acceptors (Lipinski definition) is 2. The maximum absolute atomic E-state index is 5.31. The van der Waals surface area contributed by atoms with Crippen molar-refractivity contribution >= 4 is 0 Å². The highest BCUT2D eigenvalue weighted by Crippen LogP contribution is 2.22. The Morgan fingerprint density at radius 2 is 2.11 bits per heavy atom. The summed E-state index contributed by atoms with van der Waals surface area (Å²) in [5.74, 6) is 0. The third-order valence-corrected chi connectivity index (χ3v) is 1.58. The van der Waals surface area contributed by atoms with Crippen LogP contribution in [0.3, 0.4) is 0 Å². The van der Waals surface area contributed by atoms with E-state index in [2.05, 4.69) is 20.8 Å². The van der Waals surface area contributed by atoms with Crippen LogP contribution in [0.5, 0.6) is 0 Å². The molecule has 9 heavy (non-hydrogen) atoms. The van der Waals surface area contributed by atoms with E-state index in [1.54, 1.807) is 0 Å². The van der Waals surface area contributed by atoms with Crippen LogP contribution in [0.4, 0.5) is 0 Å². The molecule has 0 aromatic heterocycles. The van der Waals surface area contributed by atoms with Crippen molar-refractivity contribution in [2.45, 2.75) is 38.9 Å². The van der Waals surface area contributed by atoms with Crippen LogP contribution in [-0.4, -0.2) is 18.5 Å². The lowest BCUT2D eigenvalue weighted by Crippen LogP contribution is -2.36. The first-order chi connectivity index (χ1) is 4.10. The van der Waals surface area contributed by atoms with Crippen LogP contribution in [0.15, 0.2) is 0 Å². The molecule has 1 saturated heterocycles. The van der Waals surface area contributed by atoms with Gasteiger partial charge in [-0.25, -0.2) is 0 Å².